The summed E-state index contributed by atoms with van der Waals surface area (Å²) in [6, 6.07) is 21.2. The number of nitrogens with one attached hydrogen (secondary N) is 3. The number of hydrogen-bond acceptors (Lipinski definition) is 2. The first-order valence-corrected chi connectivity index (χ1v) is 9.65. The van der Waals surface area contributed by atoms with E-state index in [1.165, 1.54) is 12.1 Å². The predicted molar refractivity (Wildman–Crippen MR) is 117 cm³/mol. The Kier molecular flexibility index (Phi) is 5.66. The second-order valence-corrected chi connectivity index (χ2v) is 6.93. The summed E-state index contributed by atoms with van der Waals surface area (Å²) in [5.74, 6) is 0.142. The monoisotopic (exact) mass is 403 g/mol. The molecule has 0 saturated carbocycles. The van der Waals surface area contributed by atoms with Crippen molar-refractivity contribution in [3.8, 4) is 5.75 Å². The molecule has 3 N–H and O–H groups in total. The Morgan fingerprint density at radius 1 is 1.03 bits per heavy atom. The summed E-state index contributed by atoms with van der Waals surface area (Å²) in [5.41, 5.74) is 3.55. The van der Waals surface area contributed by atoms with E-state index in [1.807, 2.05) is 42.6 Å². The van der Waals surface area contributed by atoms with E-state index in [0.29, 0.717) is 18.0 Å². The third-order valence-electron chi connectivity index (χ3n) is 5.09. The molecule has 0 aliphatic carbocycles. The highest BCUT2D eigenvalue weighted by Crippen LogP contribution is 2.31. The molecular weight excluding hydrogens is 381 g/mol. The molecular formula is C24H22FN3O2. The molecule has 4 aromatic rings. The van der Waals surface area contributed by atoms with Crippen molar-refractivity contribution in [3.05, 3.63) is 95.9 Å². The van der Waals surface area contributed by atoms with E-state index in [1.54, 1.807) is 31.4 Å². The van der Waals surface area contributed by atoms with Gasteiger partial charge in [0.25, 0.3) is 0 Å². The number of carbonyl (C=O) groups excluding carboxylic acids is 1. The summed E-state index contributed by atoms with van der Waals surface area (Å²) in [6.45, 7) is 0.342. The first-order chi connectivity index (χ1) is 14.7. The third-order valence-corrected chi connectivity index (χ3v) is 5.09. The minimum Gasteiger partial charge on any atom is -0.495 e. The number of benzene rings is 3. The number of fused-ring (bicyclic) bond motifs is 1. The highest BCUT2D eigenvalue weighted by molar-refractivity contribution is 5.91. The van der Waals surface area contributed by atoms with Gasteiger partial charge in [0.05, 0.1) is 12.8 Å². The molecule has 6 heteroatoms. The lowest BCUT2D eigenvalue weighted by atomic mass is 9.91. The maximum Gasteiger partial charge on any atom is 0.319 e. The van der Waals surface area contributed by atoms with E-state index < -0.39 is 0 Å². The van der Waals surface area contributed by atoms with Crippen LogP contribution in [0.4, 0.5) is 14.9 Å². The Morgan fingerprint density at radius 2 is 1.77 bits per heavy atom. The van der Waals surface area contributed by atoms with Crippen LogP contribution in [-0.4, -0.2) is 24.7 Å². The SMILES string of the molecule is COc1ccccc1NC(=O)NC[C@@H](c1ccc(F)cc1)c1c[nH]c2ccccc12. The molecule has 152 valence electrons. The fraction of sp³-hybridized carbons (Fsp3) is 0.125. The number of H-pyrrole nitrogens is 1. The molecule has 0 unspecified atom stereocenters. The second kappa shape index (κ2) is 8.69. The average Bonchev–Trinajstić information content (AvgIpc) is 3.19. The zero-order valence-corrected chi connectivity index (χ0v) is 16.5. The van der Waals surface area contributed by atoms with Crippen LogP contribution in [0.2, 0.25) is 0 Å². The summed E-state index contributed by atoms with van der Waals surface area (Å²) in [6.07, 6.45) is 1.94. The number of anilines is 1. The van der Waals surface area contributed by atoms with Crippen LogP contribution in [0.15, 0.2) is 79.0 Å². The second-order valence-electron chi connectivity index (χ2n) is 6.93. The summed E-state index contributed by atoms with van der Waals surface area (Å²) in [7, 11) is 1.56. The van der Waals surface area contributed by atoms with Gasteiger partial charge in [-0.25, -0.2) is 9.18 Å². The van der Waals surface area contributed by atoms with E-state index >= 15 is 0 Å². The maximum absolute atomic E-state index is 13.5. The van der Waals surface area contributed by atoms with Gasteiger partial charge in [-0.15, -0.1) is 0 Å². The van der Waals surface area contributed by atoms with Gasteiger partial charge in [-0.2, -0.15) is 0 Å². The van der Waals surface area contributed by atoms with Gasteiger partial charge < -0.3 is 20.4 Å². The zero-order chi connectivity index (χ0) is 20.9. The highest BCUT2D eigenvalue weighted by atomic mass is 19.1. The number of carbonyl (C=O) groups is 1. The van der Waals surface area contributed by atoms with Crippen LogP contribution < -0.4 is 15.4 Å². The Balaban J connectivity index is 1.57. The fourth-order valence-corrected chi connectivity index (χ4v) is 3.59. The number of amides is 2. The lowest BCUT2D eigenvalue weighted by molar-refractivity contribution is 0.251. The molecule has 0 aliphatic heterocycles. The largest absolute Gasteiger partial charge is 0.495 e. The van der Waals surface area contributed by atoms with Crippen LogP contribution >= 0.6 is 0 Å². The van der Waals surface area contributed by atoms with E-state index in [9.17, 15) is 9.18 Å². The van der Waals surface area contributed by atoms with Crippen LogP contribution in [0.25, 0.3) is 10.9 Å². The normalized spacial score (nSPS) is 11.8. The molecule has 0 bridgehead atoms. The van der Waals surface area contributed by atoms with Crippen molar-refractivity contribution in [2.24, 2.45) is 0 Å². The standard InChI is InChI=1S/C24H22FN3O2/c1-30-23-9-5-4-8-22(23)28-24(29)27-14-19(16-10-12-17(25)13-11-16)20-15-26-21-7-3-2-6-18(20)21/h2-13,15,19,26H,14H2,1H3,(H2,27,28,29)/t19-/m0/s1. The molecule has 0 fully saturated rings. The van der Waals surface area contributed by atoms with Crippen molar-refractivity contribution in [2.45, 2.75) is 5.92 Å². The van der Waals surface area contributed by atoms with Gasteiger partial charge in [0.15, 0.2) is 0 Å². The van der Waals surface area contributed by atoms with Crippen LogP contribution in [0.5, 0.6) is 5.75 Å². The van der Waals surface area contributed by atoms with Crippen molar-refractivity contribution in [1.29, 1.82) is 0 Å². The van der Waals surface area contributed by atoms with Crippen molar-refractivity contribution in [2.75, 3.05) is 19.0 Å². The molecule has 0 aliphatic rings. The number of ether oxygens (including phenoxy) is 1. The molecule has 30 heavy (non-hydrogen) atoms. The zero-order valence-electron chi connectivity index (χ0n) is 16.5. The molecule has 5 nitrogen and oxygen atoms in total. The van der Waals surface area contributed by atoms with E-state index in [0.717, 1.165) is 22.0 Å². The van der Waals surface area contributed by atoms with Gasteiger partial charge in [0.1, 0.15) is 11.6 Å². The molecule has 0 spiro atoms. The van der Waals surface area contributed by atoms with Gasteiger partial charge in [0, 0.05) is 29.6 Å². The smallest absolute Gasteiger partial charge is 0.319 e. The number of methoxy groups -OCH3 is 1. The number of hydrogen-bond donors (Lipinski definition) is 3. The lowest BCUT2D eigenvalue weighted by Crippen LogP contribution is -2.32. The first kappa shape index (κ1) is 19.5. The van der Waals surface area contributed by atoms with Gasteiger partial charge in [0.2, 0.25) is 0 Å². The van der Waals surface area contributed by atoms with Crippen molar-refractivity contribution >= 4 is 22.6 Å². The number of rotatable bonds is 6. The van der Waals surface area contributed by atoms with Gasteiger partial charge in [-0.3, -0.25) is 0 Å². The van der Waals surface area contributed by atoms with Crippen molar-refractivity contribution < 1.29 is 13.9 Å². The van der Waals surface area contributed by atoms with E-state index in [2.05, 4.69) is 15.6 Å². The van der Waals surface area contributed by atoms with Gasteiger partial charge in [-0.05, 0) is 41.5 Å². The number of aromatic amines is 1. The molecule has 4 rings (SSSR count). The minimum absolute atomic E-state index is 0.148. The summed E-state index contributed by atoms with van der Waals surface area (Å²) in [4.78, 5) is 15.8. The third kappa shape index (κ3) is 4.12. The highest BCUT2D eigenvalue weighted by Gasteiger charge is 2.19. The average molecular weight is 403 g/mol. The molecule has 2 amide bonds. The molecule has 0 radical (unpaired) electrons. The Labute approximate surface area is 173 Å². The molecule has 1 atom stereocenters. The fourth-order valence-electron chi connectivity index (χ4n) is 3.59. The van der Waals surface area contributed by atoms with Crippen molar-refractivity contribution in [3.63, 3.8) is 0 Å². The maximum atomic E-state index is 13.5. The minimum atomic E-state index is -0.341. The Morgan fingerprint density at radius 3 is 2.57 bits per heavy atom. The Bertz CT molecular complexity index is 1150. The van der Waals surface area contributed by atoms with Crippen LogP contribution in [-0.2, 0) is 0 Å². The van der Waals surface area contributed by atoms with Gasteiger partial charge >= 0.3 is 6.03 Å². The number of para-hydroxylation sites is 3. The quantitative estimate of drug-likeness (QED) is 0.411. The Hall–Kier alpha value is -3.80. The lowest BCUT2D eigenvalue weighted by Gasteiger charge is -2.19. The molecule has 1 aromatic heterocycles. The molecule has 3 aromatic carbocycles. The van der Waals surface area contributed by atoms with Crippen LogP contribution in [0, 0.1) is 5.82 Å². The topological polar surface area (TPSA) is 66.2 Å². The number of urea groups is 1. The number of aromatic nitrogens is 1. The summed E-state index contributed by atoms with van der Waals surface area (Å²) < 4.78 is 18.8. The van der Waals surface area contributed by atoms with Crippen LogP contribution in [0.1, 0.15) is 17.0 Å². The van der Waals surface area contributed by atoms with Crippen molar-refractivity contribution in [1.82, 2.24) is 10.3 Å². The summed E-state index contributed by atoms with van der Waals surface area (Å²) in [5, 5.41) is 6.82. The number of halogens is 1. The van der Waals surface area contributed by atoms with Gasteiger partial charge in [-0.1, -0.05) is 42.5 Å². The summed E-state index contributed by atoms with van der Waals surface area (Å²) >= 11 is 0. The van der Waals surface area contributed by atoms with E-state index in [-0.39, 0.29) is 17.8 Å². The first-order valence-electron chi connectivity index (χ1n) is 9.65. The predicted octanol–water partition coefficient (Wildman–Crippen LogP) is 5.27. The molecule has 0 saturated heterocycles. The molecule has 1 heterocycles. The van der Waals surface area contributed by atoms with E-state index in [4.69, 9.17) is 4.74 Å². The van der Waals surface area contributed by atoms with Crippen LogP contribution in [0.3, 0.4) is 0 Å².